The zero-order valence-corrected chi connectivity index (χ0v) is 14.2. The van der Waals surface area contributed by atoms with Crippen molar-refractivity contribution in [2.24, 2.45) is 4.40 Å². The SMILES string of the molecule is CCN1/C(=N\S(=O)(=O)c2ccc(C)cc2)C(=[N+]=[N-])c2ccccc21. The van der Waals surface area contributed by atoms with Crippen LogP contribution in [-0.2, 0) is 10.0 Å². The predicted octanol–water partition coefficient (Wildman–Crippen LogP) is 2.64. The molecule has 1 aliphatic rings. The molecule has 0 N–H and O–H groups in total. The average molecular weight is 340 g/mol. The number of likely N-dealkylation sites (N-methyl/N-ethyl adjacent to an activating group) is 1. The Morgan fingerprint density at radius 3 is 2.42 bits per heavy atom. The molecule has 0 unspecified atom stereocenters. The van der Waals surface area contributed by atoms with Crippen LogP contribution in [0.3, 0.4) is 0 Å². The van der Waals surface area contributed by atoms with Crippen molar-refractivity contribution in [1.82, 2.24) is 0 Å². The quantitative estimate of drug-likeness (QED) is 0.636. The molecule has 0 aliphatic carbocycles. The first-order chi connectivity index (χ1) is 11.5. The maximum atomic E-state index is 12.6. The summed E-state index contributed by atoms with van der Waals surface area (Å²) in [6.07, 6.45) is 0. The van der Waals surface area contributed by atoms with Crippen LogP contribution in [0.5, 0.6) is 0 Å². The number of benzene rings is 2. The zero-order valence-electron chi connectivity index (χ0n) is 13.3. The van der Waals surface area contributed by atoms with Gasteiger partial charge in [-0.3, -0.25) is 0 Å². The van der Waals surface area contributed by atoms with Gasteiger partial charge in [-0.15, -0.1) is 4.40 Å². The molecule has 0 saturated carbocycles. The first-order valence-corrected chi connectivity index (χ1v) is 8.93. The zero-order chi connectivity index (χ0) is 17.3. The fourth-order valence-corrected chi connectivity index (χ4v) is 3.66. The van der Waals surface area contributed by atoms with E-state index in [4.69, 9.17) is 0 Å². The van der Waals surface area contributed by atoms with Crippen LogP contribution < -0.4 is 4.90 Å². The molecule has 0 atom stereocenters. The first-order valence-electron chi connectivity index (χ1n) is 7.49. The second-order valence-electron chi connectivity index (χ2n) is 5.41. The molecule has 0 aromatic heterocycles. The molecule has 0 radical (unpaired) electrons. The van der Waals surface area contributed by atoms with E-state index in [1.807, 2.05) is 26.0 Å². The highest BCUT2D eigenvalue weighted by Crippen LogP contribution is 2.29. The van der Waals surface area contributed by atoms with E-state index < -0.39 is 10.0 Å². The topological polar surface area (TPSA) is 86.1 Å². The summed E-state index contributed by atoms with van der Waals surface area (Å²) >= 11 is 0. The molecule has 0 spiro atoms. The summed E-state index contributed by atoms with van der Waals surface area (Å²) < 4.78 is 29.2. The smallest absolute Gasteiger partial charge is 0.361 e. The number of fused-ring (bicyclic) bond motifs is 1. The summed E-state index contributed by atoms with van der Waals surface area (Å²) in [6.45, 7) is 4.26. The Kier molecular flexibility index (Phi) is 4.05. The lowest BCUT2D eigenvalue weighted by Gasteiger charge is -2.15. The van der Waals surface area contributed by atoms with Gasteiger partial charge in [0.15, 0.2) is 0 Å². The van der Waals surface area contributed by atoms with Crippen molar-refractivity contribution in [1.29, 1.82) is 0 Å². The summed E-state index contributed by atoms with van der Waals surface area (Å²) in [7, 11) is -3.91. The Bertz CT molecular complexity index is 972. The average Bonchev–Trinajstić information content (AvgIpc) is 2.86. The number of rotatable bonds is 3. The molecule has 1 aliphatic heterocycles. The van der Waals surface area contributed by atoms with E-state index in [0.29, 0.717) is 12.1 Å². The Morgan fingerprint density at radius 2 is 1.79 bits per heavy atom. The van der Waals surface area contributed by atoms with Gasteiger partial charge in [0.25, 0.3) is 10.0 Å². The van der Waals surface area contributed by atoms with E-state index in [1.54, 1.807) is 29.2 Å². The van der Waals surface area contributed by atoms with E-state index in [-0.39, 0.29) is 16.4 Å². The minimum atomic E-state index is -3.91. The molecular weight excluding hydrogens is 324 g/mol. The minimum Gasteiger partial charge on any atom is -0.361 e. The highest BCUT2D eigenvalue weighted by atomic mass is 32.2. The van der Waals surface area contributed by atoms with E-state index in [0.717, 1.165) is 11.3 Å². The maximum absolute atomic E-state index is 12.6. The van der Waals surface area contributed by atoms with Crippen LogP contribution in [0.2, 0.25) is 0 Å². The number of amidine groups is 1. The normalized spacial score (nSPS) is 15.5. The summed E-state index contributed by atoms with van der Waals surface area (Å²) in [5.74, 6) is 0.127. The number of hydrogen-bond donors (Lipinski definition) is 0. The summed E-state index contributed by atoms with van der Waals surface area (Å²) in [5.41, 5.74) is 11.9. The minimum absolute atomic E-state index is 0.102. The standard InChI is InChI=1S/C17H16N4O2S/c1-3-21-15-7-5-4-6-14(15)16(19-18)17(21)20-24(22,23)13-10-8-12(2)9-11-13/h4-11H,3H2,1-2H3/b20-17-. The Hall–Kier alpha value is -2.76. The molecule has 0 bridgehead atoms. The van der Waals surface area contributed by atoms with Gasteiger partial charge in [0.05, 0.1) is 16.1 Å². The van der Waals surface area contributed by atoms with Gasteiger partial charge in [-0.05, 0) is 38.1 Å². The third-order valence-corrected chi connectivity index (χ3v) is 5.14. The van der Waals surface area contributed by atoms with Crippen molar-refractivity contribution < 1.29 is 13.2 Å². The van der Waals surface area contributed by atoms with Crippen molar-refractivity contribution >= 4 is 27.3 Å². The number of anilines is 1. The molecule has 3 rings (SSSR count). The van der Waals surface area contributed by atoms with Crippen LogP contribution in [0.4, 0.5) is 5.69 Å². The van der Waals surface area contributed by atoms with Crippen LogP contribution in [0.15, 0.2) is 57.8 Å². The Balaban J connectivity index is 2.16. The lowest BCUT2D eigenvalue weighted by Crippen LogP contribution is -2.31. The van der Waals surface area contributed by atoms with Crippen molar-refractivity contribution in [3.8, 4) is 0 Å². The molecule has 1 heterocycles. The highest BCUT2D eigenvalue weighted by Gasteiger charge is 2.39. The Morgan fingerprint density at radius 1 is 1.12 bits per heavy atom. The number of hydrogen-bond acceptors (Lipinski definition) is 2. The fraction of sp³-hybridized carbons (Fsp3) is 0.176. The number of nitrogens with zero attached hydrogens (tertiary/aromatic N) is 4. The molecule has 7 heteroatoms. The van der Waals surface area contributed by atoms with Crippen LogP contribution in [-0.4, -0.2) is 31.3 Å². The van der Waals surface area contributed by atoms with Crippen molar-refractivity contribution in [2.45, 2.75) is 18.7 Å². The molecule has 2 aromatic carbocycles. The fourth-order valence-electron chi connectivity index (χ4n) is 2.66. The van der Waals surface area contributed by atoms with E-state index in [2.05, 4.69) is 9.19 Å². The van der Waals surface area contributed by atoms with Crippen molar-refractivity contribution in [3.05, 3.63) is 65.2 Å². The van der Waals surface area contributed by atoms with Gasteiger partial charge in [-0.25, -0.2) is 0 Å². The second kappa shape index (κ2) is 6.03. The maximum Gasteiger partial charge on any atom is 0.367 e. The van der Waals surface area contributed by atoms with Crippen LogP contribution in [0.1, 0.15) is 18.1 Å². The van der Waals surface area contributed by atoms with Gasteiger partial charge in [0, 0.05) is 6.54 Å². The number of aryl methyl sites for hydroxylation is 1. The van der Waals surface area contributed by atoms with Gasteiger partial charge >= 0.3 is 5.71 Å². The van der Waals surface area contributed by atoms with Gasteiger partial charge < -0.3 is 10.4 Å². The number of para-hydroxylation sites is 1. The van der Waals surface area contributed by atoms with Gasteiger partial charge in [0.2, 0.25) is 5.84 Å². The summed E-state index contributed by atoms with van der Waals surface area (Å²) in [5, 5.41) is 0. The molecule has 122 valence electrons. The molecular formula is C17H16N4O2S. The molecule has 0 fully saturated rings. The van der Waals surface area contributed by atoms with E-state index in [1.165, 1.54) is 12.1 Å². The second-order valence-corrected chi connectivity index (χ2v) is 7.02. The van der Waals surface area contributed by atoms with Gasteiger partial charge in [-0.2, -0.15) is 13.2 Å². The molecule has 0 saturated heterocycles. The lowest BCUT2D eigenvalue weighted by molar-refractivity contribution is -0.000210. The molecule has 0 amide bonds. The number of sulfonamides is 1. The van der Waals surface area contributed by atoms with Gasteiger partial charge in [-0.1, -0.05) is 29.8 Å². The lowest BCUT2D eigenvalue weighted by atomic mass is 10.1. The molecule has 24 heavy (non-hydrogen) atoms. The van der Waals surface area contributed by atoms with Crippen LogP contribution in [0.25, 0.3) is 5.53 Å². The van der Waals surface area contributed by atoms with E-state index in [9.17, 15) is 13.9 Å². The molecule has 6 nitrogen and oxygen atoms in total. The van der Waals surface area contributed by atoms with Crippen molar-refractivity contribution in [2.75, 3.05) is 11.4 Å². The summed E-state index contributed by atoms with van der Waals surface area (Å²) in [6, 6.07) is 13.7. The van der Waals surface area contributed by atoms with E-state index >= 15 is 0 Å². The largest absolute Gasteiger partial charge is 0.367 e. The molecule has 2 aromatic rings. The monoisotopic (exact) mass is 340 g/mol. The Labute approximate surface area is 140 Å². The first kappa shape index (κ1) is 16.1. The van der Waals surface area contributed by atoms with Gasteiger partial charge in [0.1, 0.15) is 0 Å². The predicted molar refractivity (Wildman–Crippen MR) is 93.0 cm³/mol. The van der Waals surface area contributed by atoms with Crippen LogP contribution >= 0.6 is 0 Å². The van der Waals surface area contributed by atoms with Crippen LogP contribution in [0, 0.1) is 6.92 Å². The third kappa shape index (κ3) is 2.64. The third-order valence-electron chi connectivity index (χ3n) is 3.86. The highest BCUT2D eigenvalue weighted by molar-refractivity contribution is 7.90. The van der Waals surface area contributed by atoms with Crippen molar-refractivity contribution in [3.63, 3.8) is 0 Å². The summed E-state index contributed by atoms with van der Waals surface area (Å²) in [4.78, 5) is 5.10.